The second-order valence-corrected chi connectivity index (χ2v) is 7.03. The van der Waals surface area contributed by atoms with E-state index in [4.69, 9.17) is 9.15 Å². The second-order valence-electron chi connectivity index (χ2n) is 7.03. The van der Waals surface area contributed by atoms with Gasteiger partial charge in [-0.05, 0) is 49.9 Å². The van der Waals surface area contributed by atoms with E-state index in [0.717, 1.165) is 28.9 Å². The lowest BCUT2D eigenvalue weighted by molar-refractivity contribution is 0.314. The number of rotatable bonds is 6. The molecule has 0 unspecified atom stereocenters. The number of methoxy groups -OCH3 is 1. The standard InChI is InChI=1S/C23H22FN3O2/c1-15-21(26-23(29-15)16-9-10-19(24)22(12-16)28-3)14-27(2)13-17-6-4-8-20-18(17)7-5-11-25-20/h4-12H,13-14H2,1-3H3. The van der Waals surface area contributed by atoms with Crippen LogP contribution in [0.1, 0.15) is 17.0 Å². The summed E-state index contributed by atoms with van der Waals surface area (Å²) in [5, 5.41) is 1.15. The van der Waals surface area contributed by atoms with Gasteiger partial charge in [0.15, 0.2) is 11.6 Å². The van der Waals surface area contributed by atoms with E-state index in [1.807, 2.05) is 32.2 Å². The quantitative estimate of drug-likeness (QED) is 0.464. The Hall–Kier alpha value is -3.25. The van der Waals surface area contributed by atoms with Crippen LogP contribution >= 0.6 is 0 Å². The third-order valence-electron chi connectivity index (χ3n) is 4.89. The minimum Gasteiger partial charge on any atom is -0.494 e. The second kappa shape index (κ2) is 8.01. The van der Waals surface area contributed by atoms with Crippen LogP contribution in [-0.4, -0.2) is 29.0 Å². The summed E-state index contributed by atoms with van der Waals surface area (Å²) in [5.41, 5.74) is 3.73. The van der Waals surface area contributed by atoms with Gasteiger partial charge in [0.1, 0.15) is 5.76 Å². The Balaban J connectivity index is 1.54. The zero-order valence-corrected chi connectivity index (χ0v) is 16.6. The highest BCUT2D eigenvalue weighted by atomic mass is 19.1. The third-order valence-corrected chi connectivity index (χ3v) is 4.89. The molecule has 2 heterocycles. The SMILES string of the molecule is COc1cc(-c2nc(CN(C)Cc3cccc4ncccc34)c(C)o2)ccc1F. The summed E-state index contributed by atoms with van der Waals surface area (Å²) < 4.78 is 24.6. The minimum atomic E-state index is -0.413. The van der Waals surface area contributed by atoms with E-state index < -0.39 is 5.82 Å². The normalized spacial score (nSPS) is 11.3. The molecule has 6 heteroatoms. The van der Waals surface area contributed by atoms with Crippen molar-refractivity contribution in [3.63, 3.8) is 0 Å². The first kappa shape index (κ1) is 19.1. The number of nitrogens with zero attached hydrogens (tertiary/aromatic N) is 3. The number of fused-ring (bicyclic) bond motifs is 1. The van der Waals surface area contributed by atoms with Gasteiger partial charge in [-0.2, -0.15) is 0 Å². The number of hydrogen-bond donors (Lipinski definition) is 0. The van der Waals surface area contributed by atoms with Crippen molar-refractivity contribution in [1.29, 1.82) is 0 Å². The van der Waals surface area contributed by atoms with E-state index in [2.05, 4.69) is 27.0 Å². The molecular formula is C23H22FN3O2. The molecule has 0 amide bonds. The summed E-state index contributed by atoms with van der Waals surface area (Å²) in [4.78, 5) is 11.2. The molecule has 2 aromatic carbocycles. The van der Waals surface area contributed by atoms with Crippen LogP contribution < -0.4 is 4.74 Å². The van der Waals surface area contributed by atoms with E-state index in [1.54, 1.807) is 18.3 Å². The number of aryl methyl sites for hydroxylation is 1. The van der Waals surface area contributed by atoms with Gasteiger partial charge in [0.05, 0.1) is 18.3 Å². The van der Waals surface area contributed by atoms with Crippen molar-refractivity contribution in [2.75, 3.05) is 14.2 Å². The fourth-order valence-corrected chi connectivity index (χ4v) is 3.40. The summed E-state index contributed by atoms with van der Waals surface area (Å²) in [7, 11) is 3.48. The molecule has 4 rings (SSSR count). The van der Waals surface area contributed by atoms with E-state index in [0.29, 0.717) is 18.0 Å². The van der Waals surface area contributed by atoms with Crippen LogP contribution in [-0.2, 0) is 13.1 Å². The fourth-order valence-electron chi connectivity index (χ4n) is 3.40. The Labute approximate surface area is 168 Å². The van der Waals surface area contributed by atoms with Crippen LogP contribution in [0.2, 0.25) is 0 Å². The first-order chi connectivity index (χ1) is 14.0. The largest absolute Gasteiger partial charge is 0.494 e. The monoisotopic (exact) mass is 391 g/mol. The predicted octanol–water partition coefficient (Wildman–Crippen LogP) is 4.98. The zero-order valence-electron chi connectivity index (χ0n) is 16.6. The maximum atomic E-state index is 13.7. The highest BCUT2D eigenvalue weighted by molar-refractivity contribution is 5.81. The molecule has 0 saturated heterocycles. The smallest absolute Gasteiger partial charge is 0.226 e. The van der Waals surface area contributed by atoms with Gasteiger partial charge in [-0.25, -0.2) is 9.37 Å². The number of pyridine rings is 1. The summed E-state index contributed by atoms with van der Waals surface area (Å²) >= 11 is 0. The third kappa shape index (κ3) is 3.98. The molecule has 0 radical (unpaired) electrons. The molecule has 0 atom stereocenters. The minimum absolute atomic E-state index is 0.168. The predicted molar refractivity (Wildman–Crippen MR) is 110 cm³/mol. The Kier molecular flexibility index (Phi) is 5.27. The van der Waals surface area contributed by atoms with Crippen LogP contribution in [0.25, 0.3) is 22.4 Å². The van der Waals surface area contributed by atoms with Crippen molar-refractivity contribution in [3.05, 3.63) is 77.6 Å². The molecule has 0 aliphatic carbocycles. The van der Waals surface area contributed by atoms with Crippen molar-refractivity contribution in [3.8, 4) is 17.2 Å². The topological polar surface area (TPSA) is 51.4 Å². The van der Waals surface area contributed by atoms with Crippen LogP contribution in [0.3, 0.4) is 0 Å². The molecule has 0 bridgehead atoms. The number of hydrogen-bond acceptors (Lipinski definition) is 5. The van der Waals surface area contributed by atoms with Gasteiger partial charge in [0.2, 0.25) is 5.89 Å². The first-order valence-electron chi connectivity index (χ1n) is 9.36. The van der Waals surface area contributed by atoms with Crippen molar-refractivity contribution < 1.29 is 13.5 Å². The van der Waals surface area contributed by atoms with E-state index in [9.17, 15) is 4.39 Å². The summed E-state index contributed by atoms with van der Waals surface area (Å²) in [5.74, 6) is 0.957. The Morgan fingerprint density at radius 3 is 2.79 bits per heavy atom. The maximum Gasteiger partial charge on any atom is 0.226 e. The number of ether oxygens (including phenoxy) is 1. The summed E-state index contributed by atoms with van der Waals surface area (Å²) in [6, 6.07) is 14.8. The molecule has 29 heavy (non-hydrogen) atoms. The molecule has 0 aliphatic heterocycles. The van der Waals surface area contributed by atoms with Crippen molar-refractivity contribution in [2.45, 2.75) is 20.0 Å². The number of aromatic nitrogens is 2. The van der Waals surface area contributed by atoms with Crippen molar-refractivity contribution in [2.24, 2.45) is 0 Å². The van der Waals surface area contributed by atoms with E-state index in [1.165, 1.54) is 18.7 Å². The lowest BCUT2D eigenvalue weighted by atomic mass is 10.1. The fraction of sp³-hybridized carbons (Fsp3) is 0.217. The molecule has 0 N–H and O–H groups in total. The molecule has 5 nitrogen and oxygen atoms in total. The average molecular weight is 391 g/mol. The molecule has 0 aliphatic rings. The van der Waals surface area contributed by atoms with Crippen molar-refractivity contribution in [1.82, 2.24) is 14.9 Å². The number of halogens is 1. The van der Waals surface area contributed by atoms with Gasteiger partial charge in [0.25, 0.3) is 0 Å². The Morgan fingerprint density at radius 2 is 1.97 bits per heavy atom. The van der Waals surface area contributed by atoms with Crippen LogP contribution in [0, 0.1) is 12.7 Å². The lowest BCUT2D eigenvalue weighted by Gasteiger charge is -2.16. The molecule has 0 saturated carbocycles. The molecule has 2 aromatic heterocycles. The molecule has 0 spiro atoms. The highest BCUT2D eigenvalue weighted by Gasteiger charge is 2.15. The van der Waals surface area contributed by atoms with Gasteiger partial charge < -0.3 is 9.15 Å². The van der Waals surface area contributed by atoms with Gasteiger partial charge in [-0.3, -0.25) is 9.88 Å². The van der Waals surface area contributed by atoms with Gasteiger partial charge >= 0.3 is 0 Å². The molecule has 148 valence electrons. The highest BCUT2D eigenvalue weighted by Crippen LogP contribution is 2.28. The van der Waals surface area contributed by atoms with Crippen LogP contribution in [0.4, 0.5) is 4.39 Å². The molecular weight excluding hydrogens is 369 g/mol. The Bertz CT molecular complexity index is 1150. The van der Waals surface area contributed by atoms with Crippen LogP contribution in [0.15, 0.2) is 59.1 Å². The lowest BCUT2D eigenvalue weighted by Crippen LogP contribution is -2.18. The van der Waals surface area contributed by atoms with Gasteiger partial charge in [0, 0.05) is 30.2 Å². The maximum absolute atomic E-state index is 13.7. The summed E-state index contributed by atoms with van der Waals surface area (Å²) in [6.07, 6.45) is 1.81. The molecule has 4 aromatic rings. The summed E-state index contributed by atoms with van der Waals surface area (Å²) in [6.45, 7) is 3.28. The first-order valence-corrected chi connectivity index (χ1v) is 9.36. The average Bonchev–Trinajstić information content (AvgIpc) is 3.09. The van der Waals surface area contributed by atoms with Crippen molar-refractivity contribution >= 4 is 10.9 Å². The zero-order chi connectivity index (χ0) is 20.4. The molecule has 0 fully saturated rings. The van der Waals surface area contributed by atoms with E-state index >= 15 is 0 Å². The Morgan fingerprint density at radius 1 is 1.10 bits per heavy atom. The number of oxazole rings is 1. The van der Waals surface area contributed by atoms with Gasteiger partial charge in [-0.15, -0.1) is 0 Å². The van der Waals surface area contributed by atoms with Gasteiger partial charge in [-0.1, -0.05) is 18.2 Å². The number of benzene rings is 2. The van der Waals surface area contributed by atoms with Crippen LogP contribution in [0.5, 0.6) is 5.75 Å². The van der Waals surface area contributed by atoms with E-state index in [-0.39, 0.29) is 5.75 Å².